The molecule has 1 aromatic heterocycles. The largest absolute Gasteiger partial charge is 0.344 e. The van der Waals surface area contributed by atoms with E-state index in [2.05, 4.69) is 35.0 Å². The maximum atomic E-state index is 5.67. The summed E-state index contributed by atoms with van der Waals surface area (Å²) in [4.78, 5) is 0. The van der Waals surface area contributed by atoms with Gasteiger partial charge in [-0.2, -0.15) is 0 Å². The average molecular weight is 228 g/mol. The van der Waals surface area contributed by atoms with Gasteiger partial charge >= 0.3 is 0 Å². The van der Waals surface area contributed by atoms with Gasteiger partial charge in [-0.25, -0.2) is 0 Å². The highest BCUT2D eigenvalue weighted by atomic mass is 15.0. The fourth-order valence-electron chi connectivity index (χ4n) is 3.13. The topological polar surface area (TPSA) is 30.9 Å². The Hall–Kier alpha value is -1.28. The molecule has 0 amide bonds. The van der Waals surface area contributed by atoms with E-state index in [0.717, 1.165) is 19.0 Å². The highest BCUT2D eigenvalue weighted by molar-refractivity contribution is 5.83. The van der Waals surface area contributed by atoms with Crippen LogP contribution in [0.5, 0.6) is 0 Å². The monoisotopic (exact) mass is 228 g/mol. The maximum absolute atomic E-state index is 5.67. The Balaban J connectivity index is 2.06. The third-order valence-corrected chi connectivity index (χ3v) is 3.99. The van der Waals surface area contributed by atoms with Crippen LogP contribution in [0.2, 0.25) is 0 Å². The molecule has 0 saturated heterocycles. The number of aromatic nitrogens is 1. The quantitative estimate of drug-likeness (QED) is 0.859. The molecule has 1 heterocycles. The smallest absolute Gasteiger partial charge is 0.0485 e. The van der Waals surface area contributed by atoms with E-state index in [9.17, 15) is 0 Å². The summed E-state index contributed by atoms with van der Waals surface area (Å²) in [7, 11) is 0. The molecule has 2 N–H and O–H groups in total. The van der Waals surface area contributed by atoms with Crippen LogP contribution >= 0.6 is 0 Å². The molecule has 90 valence electrons. The van der Waals surface area contributed by atoms with Gasteiger partial charge in [-0.3, -0.25) is 0 Å². The second kappa shape index (κ2) is 4.53. The van der Waals surface area contributed by atoms with Crippen LogP contribution in [0.3, 0.4) is 0 Å². The molecule has 2 nitrogen and oxygen atoms in total. The van der Waals surface area contributed by atoms with Crippen LogP contribution in [0.1, 0.15) is 37.3 Å². The molecule has 0 spiro atoms. The highest BCUT2D eigenvalue weighted by Gasteiger charge is 2.18. The minimum Gasteiger partial charge on any atom is -0.344 e. The van der Waals surface area contributed by atoms with Gasteiger partial charge in [0, 0.05) is 23.1 Å². The Morgan fingerprint density at radius 2 is 2.00 bits per heavy atom. The van der Waals surface area contributed by atoms with E-state index in [1.165, 1.54) is 42.1 Å². The van der Waals surface area contributed by atoms with Gasteiger partial charge in [-0.05, 0) is 43.5 Å². The zero-order valence-corrected chi connectivity index (χ0v) is 10.2. The lowest BCUT2D eigenvalue weighted by molar-refractivity contribution is 0.536. The maximum Gasteiger partial charge on any atom is 0.0485 e. The average Bonchev–Trinajstić information content (AvgIpc) is 2.97. The summed E-state index contributed by atoms with van der Waals surface area (Å²) in [5.74, 6) is 0. The lowest BCUT2D eigenvalue weighted by atomic mass is 10.1. The number of hydrogen-bond donors (Lipinski definition) is 1. The van der Waals surface area contributed by atoms with Crippen molar-refractivity contribution in [3.8, 4) is 0 Å². The molecule has 1 saturated carbocycles. The molecular formula is C15H20N2. The summed E-state index contributed by atoms with van der Waals surface area (Å²) in [6.07, 6.45) is 8.68. The van der Waals surface area contributed by atoms with Gasteiger partial charge in [0.05, 0.1) is 0 Å². The Kier molecular flexibility index (Phi) is 2.89. The molecule has 3 rings (SSSR count). The zero-order chi connectivity index (χ0) is 11.7. The molecule has 0 bridgehead atoms. The third-order valence-electron chi connectivity index (χ3n) is 3.99. The van der Waals surface area contributed by atoms with Crippen molar-refractivity contribution in [1.29, 1.82) is 0 Å². The van der Waals surface area contributed by atoms with Crippen molar-refractivity contribution >= 4 is 10.9 Å². The fraction of sp³-hybridized carbons (Fsp3) is 0.467. The van der Waals surface area contributed by atoms with Crippen molar-refractivity contribution in [2.24, 2.45) is 5.73 Å². The van der Waals surface area contributed by atoms with Crippen LogP contribution in [0.15, 0.2) is 30.5 Å². The molecule has 0 unspecified atom stereocenters. The number of rotatable bonds is 3. The number of fused-ring (bicyclic) bond motifs is 1. The van der Waals surface area contributed by atoms with Gasteiger partial charge < -0.3 is 10.3 Å². The molecule has 2 heteroatoms. The normalized spacial score (nSPS) is 17.0. The van der Waals surface area contributed by atoms with Gasteiger partial charge in [0.25, 0.3) is 0 Å². The third kappa shape index (κ3) is 1.87. The van der Waals surface area contributed by atoms with Gasteiger partial charge in [0.2, 0.25) is 0 Å². The number of benzene rings is 1. The lowest BCUT2D eigenvalue weighted by Gasteiger charge is -2.13. The Morgan fingerprint density at radius 3 is 2.76 bits per heavy atom. The lowest BCUT2D eigenvalue weighted by Crippen LogP contribution is -2.04. The van der Waals surface area contributed by atoms with Gasteiger partial charge in [-0.1, -0.05) is 25.0 Å². The first kappa shape index (κ1) is 10.8. The minimum absolute atomic E-state index is 0.723. The van der Waals surface area contributed by atoms with Crippen LogP contribution in [-0.2, 0) is 6.42 Å². The van der Waals surface area contributed by atoms with Crippen LogP contribution in [0.25, 0.3) is 10.9 Å². The van der Waals surface area contributed by atoms with Crippen LogP contribution < -0.4 is 5.73 Å². The molecule has 2 aromatic rings. The fourth-order valence-corrected chi connectivity index (χ4v) is 3.13. The Morgan fingerprint density at radius 1 is 1.18 bits per heavy atom. The van der Waals surface area contributed by atoms with Crippen molar-refractivity contribution in [1.82, 2.24) is 4.57 Å². The SMILES string of the molecule is NCCc1cccc2c1ccn2C1CCCC1. The minimum atomic E-state index is 0.723. The molecule has 0 radical (unpaired) electrons. The first-order chi connectivity index (χ1) is 8.40. The van der Waals surface area contributed by atoms with E-state index in [0.29, 0.717) is 0 Å². The highest BCUT2D eigenvalue weighted by Crippen LogP contribution is 2.33. The summed E-state index contributed by atoms with van der Waals surface area (Å²) in [6.45, 7) is 0.730. The number of nitrogens with two attached hydrogens (primary N) is 1. The van der Waals surface area contributed by atoms with Crippen LogP contribution in [0, 0.1) is 0 Å². The molecular weight excluding hydrogens is 208 g/mol. The molecule has 1 aromatic carbocycles. The van der Waals surface area contributed by atoms with Gasteiger partial charge in [-0.15, -0.1) is 0 Å². The Bertz CT molecular complexity index is 507. The summed E-state index contributed by atoms with van der Waals surface area (Å²) in [5.41, 5.74) is 8.46. The predicted octanol–water partition coefficient (Wildman–Crippen LogP) is 3.26. The van der Waals surface area contributed by atoms with Crippen molar-refractivity contribution in [2.75, 3.05) is 6.54 Å². The van der Waals surface area contributed by atoms with Crippen molar-refractivity contribution in [3.63, 3.8) is 0 Å². The van der Waals surface area contributed by atoms with E-state index < -0.39 is 0 Å². The molecule has 1 fully saturated rings. The van der Waals surface area contributed by atoms with Crippen LogP contribution in [0.4, 0.5) is 0 Å². The predicted molar refractivity (Wildman–Crippen MR) is 72.2 cm³/mol. The van der Waals surface area contributed by atoms with Crippen LogP contribution in [-0.4, -0.2) is 11.1 Å². The first-order valence-corrected chi connectivity index (χ1v) is 6.68. The van der Waals surface area contributed by atoms with E-state index in [-0.39, 0.29) is 0 Å². The first-order valence-electron chi connectivity index (χ1n) is 6.68. The summed E-state index contributed by atoms with van der Waals surface area (Å²) in [6, 6.07) is 9.60. The summed E-state index contributed by atoms with van der Waals surface area (Å²) >= 11 is 0. The van der Waals surface area contributed by atoms with Gasteiger partial charge in [0.1, 0.15) is 0 Å². The summed E-state index contributed by atoms with van der Waals surface area (Å²) in [5, 5.41) is 1.39. The number of nitrogens with zero attached hydrogens (tertiary/aromatic N) is 1. The molecule has 17 heavy (non-hydrogen) atoms. The molecule has 1 aliphatic carbocycles. The standard InChI is InChI=1S/C15H20N2/c16-10-8-12-4-3-7-15-14(12)9-11-17(15)13-5-1-2-6-13/h3-4,7,9,11,13H,1-2,5-6,8,10,16H2. The van der Waals surface area contributed by atoms with E-state index >= 15 is 0 Å². The zero-order valence-electron chi connectivity index (χ0n) is 10.2. The summed E-state index contributed by atoms with van der Waals surface area (Å²) < 4.78 is 2.47. The number of hydrogen-bond acceptors (Lipinski definition) is 1. The molecule has 0 aliphatic heterocycles. The van der Waals surface area contributed by atoms with Crippen molar-refractivity contribution < 1.29 is 0 Å². The van der Waals surface area contributed by atoms with Gasteiger partial charge in [0.15, 0.2) is 0 Å². The van der Waals surface area contributed by atoms with E-state index in [1.54, 1.807) is 0 Å². The van der Waals surface area contributed by atoms with Crippen molar-refractivity contribution in [3.05, 3.63) is 36.0 Å². The van der Waals surface area contributed by atoms with E-state index in [1.807, 2.05) is 0 Å². The Labute approximate surface area is 102 Å². The van der Waals surface area contributed by atoms with Crippen molar-refractivity contribution in [2.45, 2.75) is 38.1 Å². The second-order valence-corrected chi connectivity index (χ2v) is 5.05. The molecule has 0 atom stereocenters. The molecule has 1 aliphatic rings. The second-order valence-electron chi connectivity index (χ2n) is 5.05. The van der Waals surface area contributed by atoms with E-state index in [4.69, 9.17) is 5.73 Å².